The average molecular weight is 313 g/mol. The van der Waals surface area contributed by atoms with Crippen molar-refractivity contribution in [3.63, 3.8) is 0 Å². The van der Waals surface area contributed by atoms with E-state index in [0.717, 1.165) is 30.4 Å². The highest BCUT2D eigenvalue weighted by Crippen LogP contribution is 2.32. The summed E-state index contributed by atoms with van der Waals surface area (Å²) in [6.07, 6.45) is 1.93. The van der Waals surface area contributed by atoms with Crippen LogP contribution in [0.15, 0.2) is 36.5 Å². The molecule has 2 heterocycles. The predicted molar refractivity (Wildman–Crippen MR) is 90.9 cm³/mol. The Kier molecular flexibility index (Phi) is 4.67. The molecule has 2 aromatic rings. The highest BCUT2D eigenvalue weighted by Gasteiger charge is 2.12. The molecule has 0 atom stereocenters. The van der Waals surface area contributed by atoms with E-state index in [1.807, 2.05) is 18.3 Å². The summed E-state index contributed by atoms with van der Waals surface area (Å²) in [5.74, 6) is 2.65. The summed E-state index contributed by atoms with van der Waals surface area (Å²) in [6.45, 7) is 6.19. The molecule has 0 unspecified atom stereocenters. The maximum Gasteiger partial charge on any atom is 0.231 e. The molecule has 5 heteroatoms. The standard InChI is InChI=1S/C18H23N3O2/c1-13(2)21(3)18-7-5-15(11-20-18)10-19-9-14-4-6-16-17(8-14)23-12-22-16/h4-8,11,13,19H,9-10,12H2,1-3H3. The lowest BCUT2D eigenvalue weighted by molar-refractivity contribution is 0.174. The van der Waals surface area contributed by atoms with Crippen LogP contribution < -0.4 is 19.7 Å². The van der Waals surface area contributed by atoms with E-state index in [0.29, 0.717) is 12.8 Å². The van der Waals surface area contributed by atoms with E-state index in [4.69, 9.17) is 9.47 Å². The average Bonchev–Trinajstić information content (AvgIpc) is 3.02. The largest absolute Gasteiger partial charge is 0.454 e. The number of ether oxygens (including phenoxy) is 2. The van der Waals surface area contributed by atoms with Crippen LogP contribution in [-0.2, 0) is 13.1 Å². The van der Waals surface area contributed by atoms with Crippen molar-refractivity contribution in [2.45, 2.75) is 33.0 Å². The fraction of sp³-hybridized carbons (Fsp3) is 0.389. The molecule has 0 saturated carbocycles. The second-order valence-corrected chi connectivity index (χ2v) is 6.02. The molecule has 1 N–H and O–H groups in total. The minimum atomic E-state index is 0.315. The first-order chi connectivity index (χ1) is 11.1. The SMILES string of the molecule is CC(C)N(C)c1ccc(CNCc2ccc3c(c2)OCO3)cn1. The normalized spacial score (nSPS) is 12.7. The predicted octanol–water partition coefficient (Wildman–Crippen LogP) is 2.94. The summed E-state index contributed by atoms with van der Waals surface area (Å²) in [6, 6.07) is 10.7. The molecule has 23 heavy (non-hydrogen) atoms. The zero-order chi connectivity index (χ0) is 16.2. The van der Waals surface area contributed by atoms with Crippen LogP contribution >= 0.6 is 0 Å². The van der Waals surface area contributed by atoms with Crippen molar-refractivity contribution in [1.82, 2.24) is 10.3 Å². The van der Waals surface area contributed by atoms with Gasteiger partial charge in [0.1, 0.15) is 5.82 Å². The van der Waals surface area contributed by atoms with E-state index < -0.39 is 0 Å². The summed E-state index contributed by atoms with van der Waals surface area (Å²) >= 11 is 0. The van der Waals surface area contributed by atoms with Crippen LogP contribution in [-0.4, -0.2) is 24.9 Å². The number of hydrogen-bond donors (Lipinski definition) is 1. The lowest BCUT2D eigenvalue weighted by atomic mass is 10.2. The number of nitrogens with one attached hydrogen (secondary N) is 1. The summed E-state index contributed by atoms with van der Waals surface area (Å²) in [5.41, 5.74) is 2.35. The maximum absolute atomic E-state index is 5.39. The molecule has 0 radical (unpaired) electrons. The van der Waals surface area contributed by atoms with Crippen LogP contribution in [0, 0.1) is 0 Å². The number of aromatic nitrogens is 1. The molecule has 0 spiro atoms. The molecule has 0 amide bonds. The van der Waals surface area contributed by atoms with Gasteiger partial charge in [-0.1, -0.05) is 12.1 Å². The second kappa shape index (κ2) is 6.87. The summed E-state index contributed by atoms with van der Waals surface area (Å²) in [4.78, 5) is 6.68. The van der Waals surface area contributed by atoms with Gasteiger partial charge in [0.05, 0.1) is 0 Å². The van der Waals surface area contributed by atoms with Crippen molar-refractivity contribution >= 4 is 5.82 Å². The Hall–Kier alpha value is -2.27. The van der Waals surface area contributed by atoms with E-state index in [-0.39, 0.29) is 0 Å². The van der Waals surface area contributed by atoms with Crippen LogP contribution in [0.3, 0.4) is 0 Å². The van der Waals surface area contributed by atoms with Gasteiger partial charge < -0.3 is 19.7 Å². The fourth-order valence-corrected chi connectivity index (χ4v) is 2.40. The van der Waals surface area contributed by atoms with Gasteiger partial charge >= 0.3 is 0 Å². The first-order valence-electron chi connectivity index (χ1n) is 7.90. The Labute approximate surface area is 137 Å². The van der Waals surface area contributed by atoms with Crippen molar-refractivity contribution in [2.75, 3.05) is 18.7 Å². The van der Waals surface area contributed by atoms with Gasteiger partial charge in [-0.2, -0.15) is 0 Å². The van der Waals surface area contributed by atoms with Crippen LogP contribution in [0.5, 0.6) is 11.5 Å². The van der Waals surface area contributed by atoms with Crippen molar-refractivity contribution in [3.8, 4) is 11.5 Å². The van der Waals surface area contributed by atoms with Crippen molar-refractivity contribution in [1.29, 1.82) is 0 Å². The van der Waals surface area contributed by atoms with E-state index >= 15 is 0 Å². The molecular weight excluding hydrogens is 290 g/mol. The topological polar surface area (TPSA) is 46.6 Å². The zero-order valence-electron chi connectivity index (χ0n) is 13.9. The van der Waals surface area contributed by atoms with Crippen molar-refractivity contribution in [3.05, 3.63) is 47.7 Å². The Morgan fingerprint density at radius 1 is 1.09 bits per heavy atom. The molecule has 1 aromatic carbocycles. The van der Waals surface area contributed by atoms with Gasteiger partial charge in [-0.05, 0) is 43.2 Å². The molecule has 0 bridgehead atoms. The number of nitrogens with zero attached hydrogens (tertiary/aromatic N) is 2. The lowest BCUT2D eigenvalue weighted by Crippen LogP contribution is -2.26. The van der Waals surface area contributed by atoms with E-state index in [1.165, 1.54) is 11.1 Å². The van der Waals surface area contributed by atoms with E-state index in [2.05, 4.69) is 54.3 Å². The summed E-state index contributed by atoms with van der Waals surface area (Å²) < 4.78 is 10.7. The third-order valence-corrected chi connectivity index (χ3v) is 4.04. The maximum atomic E-state index is 5.39. The first-order valence-corrected chi connectivity index (χ1v) is 7.90. The first kappa shape index (κ1) is 15.6. The third kappa shape index (κ3) is 3.74. The second-order valence-electron chi connectivity index (χ2n) is 6.02. The van der Waals surface area contributed by atoms with Crippen LogP contribution in [0.2, 0.25) is 0 Å². The fourth-order valence-electron chi connectivity index (χ4n) is 2.40. The summed E-state index contributed by atoms with van der Waals surface area (Å²) in [5, 5.41) is 3.43. The number of rotatable bonds is 6. The minimum absolute atomic E-state index is 0.315. The number of hydrogen-bond acceptors (Lipinski definition) is 5. The molecular formula is C18H23N3O2. The van der Waals surface area contributed by atoms with Gasteiger partial charge in [0, 0.05) is 32.4 Å². The Bertz CT molecular complexity index is 656. The molecule has 0 fully saturated rings. The number of anilines is 1. The molecule has 1 aromatic heterocycles. The van der Waals surface area contributed by atoms with E-state index in [1.54, 1.807) is 0 Å². The van der Waals surface area contributed by atoms with Gasteiger partial charge in [-0.15, -0.1) is 0 Å². The highest BCUT2D eigenvalue weighted by molar-refractivity contribution is 5.44. The molecule has 5 nitrogen and oxygen atoms in total. The smallest absolute Gasteiger partial charge is 0.231 e. The van der Waals surface area contributed by atoms with Crippen LogP contribution in [0.1, 0.15) is 25.0 Å². The zero-order valence-corrected chi connectivity index (χ0v) is 13.9. The lowest BCUT2D eigenvalue weighted by Gasteiger charge is -2.22. The Morgan fingerprint density at radius 3 is 2.57 bits per heavy atom. The van der Waals surface area contributed by atoms with Gasteiger partial charge in [0.15, 0.2) is 11.5 Å². The van der Waals surface area contributed by atoms with Gasteiger partial charge in [-0.3, -0.25) is 0 Å². The Morgan fingerprint density at radius 2 is 1.83 bits per heavy atom. The van der Waals surface area contributed by atoms with Crippen LogP contribution in [0.25, 0.3) is 0 Å². The van der Waals surface area contributed by atoms with Gasteiger partial charge in [-0.25, -0.2) is 4.98 Å². The Balaban J connectivity index is 1.52. The molecule has 0 aliphatic carbocycles. The molecule has 122 valence electrons. The molecule has 1 aliphatic rings. The monoisotopic (exact) mass is 313 g/mol. The van der Waals surface area contributed by atoms with E-state index in [9.17, 15) is 0 Å². The van der Waals surface area contributed by atoms with Crippen molar-refractivity contribution < 1.29 is 9.47 Å². The molecule has 3 rings (SSSR count). The van der Waals surface area contributed by atoms with Gasteiger partial charge in [0.25, 0.3) is 0 Å². The third-order valence-electron chi connectivity index (χ3n) is 4.04. The van der Waals surface area contributed by atoms with Gasteiger partial charge in [0.2, 0.25) is 6.79 Å². The highest BCUT2D eigenvalue weighted by atomic mass is 16.7. The minimum Gasteiger partial charge on any atom is -0.454 e. The van der Waals surface area contributed by atoms with Crippen molar-refractivity contribution in [2.24, 2.45) is 0 Å². The number of pyridine rings is 1. The van der Waals surface area contributed by atoms with Crippen LogP contribution in [0.4, 0.5) is 5.82 Å². The molecule has 0 saturated heterocycles. The number of fused-ring (bicyclic) bond motifs is 1. The summed E-state index contributed by atoms with van der Waals surface area (Å²) in [7, 11) is 2.06. The quantitative estimate of drug-likeness (QED) is 0.888. The molecule has 1 aliphatic heterocycles. The number of benzene rings is 1.